The van der Waals surface area contributed by atoms with Crippen molar-refractivity contribution in [2.45, 2.75) is 79.3 Å². The first-order valence-electron chi connectivity index (χ1n) is 21.3. The van der Waals surface area contributed by atoms with Crippen molar-refractivity contribution in [3.05, 3.63) is 95.7 Å². The van der Waals surface area contributed by atoms with Crippen molar-refractivity contribution in [1.29, 1.82) is 0 Å². The van der Waals surface area contributed by atoms with E-state index < -0.39 is 6.43 Å². The molecule has 3 aromatic carbocycles. The van der Waals surface area contributed by atoms with Crippen molar-refractivity contribution in [3.8, 4) is 33.5 Å². The molecule has 0 saturated carbocycles. The summed E-state index contributed by atoms with van der Waals surface area (Å²) in [7, 11) is 7.47. The van der Waals surface area contributed by atoms with Crippen LogP contribution in [-0.4, -0.2) is 68.4 Å². The summed E-state index contributed by atoms with van der Waals surface area (Å²) in [4.78, 5) is 25.9. The zero-order valence-electron chi connectivity index (χ0n) is 37.6. The Morgan fingerprint density at radius 3 is 2.24 bits per heavy atom. The average Bonchev–Trinajstić information content (AvgIpc) is 4.02. The van der Waals surface area contributed by atoms with Crippen molar-refractivity contribution in [2.75, 3.05) is 22.5 Å². The van der Waals surface area contributed by atoms with Gasteiger partial charge in [-0.05, 0) is 65.9 Å². The molecule has 14 nitrogen and oxygen atoms in total. The van der Waals surface area contributed by atoms with E-state index in [1.165, 1.54) is 11.6 Å². The Bertz CT molecular complexity index is 2800. The summed E-state index contributed by atoms with van der Waals surface area (Å²) in [5, 5.41) is 28.6. The average molecular weight is 859 g/mol. The number of rotatable bonds is 7. The van der Waals surface area contributed by atoms with E-state index in [2.05, 4.69) is 75.4 Å². The number of aromatic nitrogens is 8. The molecule has 1 atom stereocenters. The Morgan fingerprint density at radius 1 is 0.873 bits per heavy atom. The Hall–Kier alpha value is -6.84. The van der Waals surface area contributed by atoms with Gasteiger partial charge in [0, 0.05) is 118 Å². The minimum Gasteiger partial charge on any atom is -0.380 e. The summed E-state index contributed by atoms with van der Waals surface area (Å²) in [6.07, 6.45) is 5.63. The Kier molecular flexibility index (Phi) is 12.8. The zero-order valence-corrected chi connectivity index (χ0v) is 37.6. The Labute approximate surface area is 366 Å². The van der Waals surface area contributed by atoms with Gasteiger partial charge in [0.2, 0.25) is 11.8 Å². The number of amides is 2. The lowest BCUT2D eigenvalue weighted by Gasteiger charge is -2.26. The van der Waals surface area contributed by atoms with Crippen LogP contribution in [0.3, 0.4) is 0 Å². The van der Waals surface area contributed by atoms with Gasteiger partial charge in [0.05, 0.1) is 35.8 Å². The van der Waals surface area contributed by atoms with Crippen molar-refractivity contribution >= 4 is 45.6 Å². The SMILES string of the molecule is CC.CC(=O)N1CCc2c(c(Nc3ccc(-c4cnn(C)c4)c(C(F)F)c3)nn2C)C1.CC1CC(=O)Nc2cc(C(C)C)cc(-c3ccc4c(c3)c(-c3cnn(C)c3)nn4C)c2N1. The minimum atomic E-state index is -2.63. The number of anilines is 4. The summed E-state index contributed by atoms with van der Waals surface area (Å²) < 4.78 is 34.5. The predicted molar refractivity (Wildman–Crippen MR) is 245 cm³/mol. The molecule has 63 heavy (non-hydrogen) atoms. The molecule has 0 bridgehead atoms. The van der Waals surface area contributed by atoms with Crippen molar-refractivity contribution < 1.29 is 18.4 Å². The molecule has 2 aliphatic heterocycles. The van der Waals surface area contributed by atoms with Crippen LogP contribution in [-0.2, 0) is 50.7 Å². The van der Waals surface area contributed by atoms with Gasteiger partial charge >= 0.3 is 0 Å². The molecular weight excluding hydrogens is 803 g/mol. The number of hydrogen-bond acceptors (Lipinski definition) is 8. The van der Waals surface area contributed by atoms with E-state index in [-0.39, 0.29) is 23.4 Å². The van der Waals surface area contributed by atoms with Gasteiger partial charge in [-0.1, -0.05) is 39.8 Å². The number of aryl methyl sites for hydroxylation is 4. The highest BCUT2D eigenvalue weighted by Crippen LogP contribution is 2.42. The first-order chi connectivity index (χ1) is 30.1. The minimum absolute atomic E-state index is 0.00580. The molecule has 7 aromatic rings. The molecule has 6 heterocycles. The van der Waals surface area contributed by atoms with Crippen LogP contribution in [0.1, 0.15) is 82.7 Å². The van der Waals surface area contributed by atoms with Crippen LogP contribution < -0.4 is 16.0 Å². The third-order valence-corrected chi connectivity index (χ3v) is 11.4. The molecule has 2 amide bonds. The zero-order chi connectivity index (χ0) is 45.3. The molecule has 2 aliphatic rings. The molecule has 3 N–H and O–H groups in total. The maximum absolute atomic E-state index is 13.7. The molecular formula is C47H56F2N12O2. The first kappa shape index (κ1) is 44.2. The first-order valence-corrected chi connectivity index (χ1v) is 21.3. The number of hydrogen-bond donors (Lipinski definition) is 3. The maximum atomic E-state index is 13.7. The van der Waals surface area contributed by atoms with Gasteiger partial charge in [0.15, 0.2) is 5.82 Å². The summed E-state index contributed by atoms with van der Waals surface area (Å²) in [5.41, 5.74) is 11.7. The number of fused-ring (bicyclic) bond motifs is 3. The van der Waals surface area contributed by atoms with Crippen LogP contribution in [0.25, 0.3) is 44.4 Å². The van der Waals surface area contributed by atoms with Gasteiger partial charge < -0.3 is 20.9 Å². The fraction of sp³-hybridized carbons (Fsp3) is 0.362. The van der Waals surface area contributed by atoms with Gasteiger partial charge in [-0.15, -0.1) is 0 Å². The molecule has 0 spiro atoms. The third-order valence-electron chi connectivity index (χ3n) is 11.4. The van der Waals surface area contributed by atoms with Gasteiger partial charge in [0.1, 0.15) is 5.69 Å². The second-order valence-electron chi connectivity index (χ2n) is 16.3. The summed E-state index contributed by atoms with van der Waals surface area (Å²) in [5.74, 6) is 0.968. The summed E-state index contributed by atoms with van der Waals surface area (Å²) >= 11 is 0. The van der Waals surface area contributed by atoms with Gasteiger partial charge in [-0.2, -0.15) is 20.4 Å². The monoisotopic (exact) mass is 858 g/mol. The maximum Gasteiger partial charge on any atom is 0.264 e. The fourth-order valence-electron chi connectivity index (χ4n) is 8.19. The quantitative estimate of drug-likeness (QED) is 0.144. The predicted octanol–water partition coefficient (Wildman–Crippen LogP) is 9.34. The van der Waals surface area contributed by atoms with E-state index in [4.69, 9.17) is 5.10 Å². The highest BCUT2D eigenvalue weighted by molar-refractivity contribution is 6.02. The van der Waals surface area contributed by atoms with Crippen LogP contribution in [0.2, 0.25) is 0 Å². The molecule has 0 fully saturated rings. The van der Waals surface area contributed by atoms with E-state index in [9.17, 15) is 18.4 Å². The molecule has 0 aliphatic carbocycles. The Morgan fingerprint density at radius 2 is 1.59 bits per heavy atom. The summed E-state index contributed by atoms with van der Waals surface area (Å²) in [6, 6.07) is 15.7. The van der Waals surface area contributed by atoms with E-state index >= 15 is 0 Å². The van der Waals surface area contributed by atoms with Crippen LogP contribution in [0.4, 0.5) is 31.7 Å². The lowest BCUT2D eigenvalue weighted by Crippen LogP contribution is -2.34. The van der Waals surface area contributed by atoms with E-state index in [0.717, 1.165) is 55.9 Å². The third kappa shape index (κ3) is 9.20. The number of halogens is 2. The molecule has 16 heteroatoms. The van der Waals surface area contributed by atoms with Gasteiger partial charge in [-0.3, -0.25) is 28.3 Å². The smallest absolute Gasteiger partial charge is 0.264 e. The molecule has 0 radical (unpaired) electrons. The van der Waals surface area contributed by atoms with Crippen molar-refractivity contribution in [2.24, 2.45) is 28.2 Å². The number of nitrogens with one attached hydrogen (secondary N) is 3. The molecule has 1 unspecified atom stereocenters. The molecule has 330 valence electrons. The van der Waals surface area contributed by atoms with E-state index in [1.54, 1.807) is 57.4 Å². The normalized spacial score (nSPS) is 14.5. The number of benzene rings is 3. The van der Waals surface area contributed by atoms with Crippen molar-refractivity contribution in [3.63, 3.8) is 0 Å². The topological polar surface area (TPSA) is 145 Å². The van der Waals surface area contributed by atoms with Crippen LogP contribution >= 0.6 is 0 Å². The molecule has 9 rings (SSSR count). The fourth-order valence-corrected chi connectivity index (χ4v) is 8.19. The number of alkyl halides is 2. The standard InChI is InChI=1S/C25H28N6O.C20H22F2N6O.C2H6/c1-14(2)17-10-19(25-21(11-17)28-23(32)8-15(3)27-25)16-6-7-22-20(9-16)24(29-31(22)5)18-12-26-30(4)13-18;1-12(29)28-7-6-18-17(11-28)20(25-27(18)3)24-14-4-5-15(16(8-14)19(21)22)13-9-23-26(2)10-13;1-2/h6-7,9-15,27H,8H2,1-5H3,(H,28,32);4-5,8-10,19H,6-7,11H2,1-3H3,(H,24,25);1-2H3. The van der Waals surface area contributed by atoms with Crippen LogP contribution in [0, 0.1) is 0 Å². The van der Waals surface area contributed by atoms with E-state index in [0.29, 0.717) is 54.5 Å². The largest absolute Gasteiger partial charge is 0.380 e. The van der Waals surface area contributed by atoms with Crippen molar-refractivity contribution in [1.82, 2.24) is 44.0 Å². The molecule has 0 saturated heterocycles. The highest BCUT2D eigenvalue weighted by atomic mass is 19.3. The summed E-state index contributed by atoms with van der Waals surface area (Å²) in [6.45, 7) is 13.0. The number of carbonyl (C=O) groups is 2. The molecule has 4 aromatic heterocycles. The number of nitrogens with zero attached hydrogens (tertiary/aromatic N) is 9. The highest BCUT2D eigenvalue weighted by Gasteiger charge is 2.27. The lowest BCUT2D eigenvalue weighted by atomic mass is 9.93. The van der Waals surface area contributed by atoms with Crippen LogP contribution in [0.15, 0.2) is 73.3 Å². The number of carbonyl (C=O) groups excluding carboxylic acids is 2. The second kappa shape index (κ2) is 18.2. The lowest BCUT2D eigenvalue weighted by molar-refractivity contribution is -0.129. The van der Waals surface area contributed by atoms with Crippen LogP contribution in [0.5, 0.6) is 0 Å². The second-order valence-corrected chi connectivity index (χ2v) is 16.3. The Balaban J connectivity index is 0.000000183. The van der Waals surface area contributed by atoms with Gasteiger partial charge in [0.25, 0.3) is 6.43 Å². The van der Waals surface area contributed by atoms with Gasteiger partial charge in [-0.25, -0.2) is 8.78 Å². The van der Waals surface area contributed by atoms with E-state index in [1.807, 2.05) is 59.0 Å².